The molecule has 1 aliphatic rings. The highest BCUT2D eigenvalue weighted by atomic mass is 16.6. The number of unbranched alkanes of at least 4 members (excludes halogenated alkanes) is 1. The van der Waals surface area contributed by atoms with Crippen molar-refractivity contribution in [1.82, 2.24) is 10.2 Å². The Balaban J connectivity index is 1.57. The van der Waals surface area contributed by atoms with Crippen LogP contribution >= 0.6 is 0 Å². The Labute approximate surface area is 226 Å². The Kier molecular flexibility index (Phi) is 9.79. The first-order chi connectivity index (χ1) is 18.5. The number of fused-ring (bicyclic) bond motifs is 1. The van der Waals surface area contributed by atoms with Gasteiger partial charge in [-0.05, 0) is 48.6 Å². The Hall–Kier alpha value is -3.80. The molecule has 1 aliphatic heterocycles. The number of hydrogen-bond donors (Lipinski definition) is 1. The maximum atomic E-state index is 13.9. The summed E-state index contributed by atoms with van der Waals surface area (Å²) in [6.07, 6.45) is 3.19. The molecule has 0 aromatic heterocycles. The molecule has 38 heavy (non-hydrogen) atoms. The van der Waals surface area contributed by atoms with Gasteiger partial charge in [0, 0.05) is 25.9 Å². The maximum Gasteiger partial charge on any atom is 0.243 e. The zero-order chi connectivity index (χ0) is 26.7. The van der Waals surface area contributed by atoms with Crippen molar-refractivity contribution in [3.05, 3.63) is 95.1 Å². The minimum atomic E-state index is -0.609. The molecule has 0 radical (unpaired) electrons. The summed E-state index contributed by atoms with van der Waals surface area (Å²) in [4.78, 5) is 29.1. The second-order valence-electron chi connectivity index (χ2n) is 9.84. The first kappa shape index (κ1) is 27.2. The van der Waals surface area contributed by atoms with Crippen LogP contribution in [0.5, 0.6) is 11.5 Å². The monoisotopic (exact) mass is 514 g/mol. The zero-order valence-corrected chi connectivity index (χ0v) is 22.4. The summed E-state index contributed by atoms with van der Waals surface area (Å²) >= 11 is 0. The number of nitrogens with one attached hydrogen (secondary N) is 1. The number of carbonyl (C=O) groups is 2. The molecule has 0 saturated carbocycles. The number of ether oxygens (including phenoxy) is 2. The molecule has 0 aliphatic carbocycles. The van der Waals surface area contributed by atoms with Crippen LogP contribution < -0.4 is 14.8 Å². The number of aryl methyl sites for hydroxylation is 2. The van der Waals surface area contributed by atoms with E-state index >= 15 is 0 Å². The molecule has 1 N–H and O–H groups in total. The smallest absolute Gasteiger partial charge is 0.243 e. The second-order valence-corrected chi connectivity index (χ2v) is 9.84. The number of hydrogen-bond acceptors (Lipinski definition) is 4. The summed E-state index contributed by atoms with van der Waals surface area (Å²) in [6, 6.07) is 23.3. The summed E-state index contributed by atoms with van der Waals surface area (Å²) in [5.41, 5.74) is 4.16. The molecule has 0 spiro atoms. The minimum absolute atomic E-state index is 0.0482. The lowest BCUT2D eigenvalue weighted by Crippen LogP contribution is -2.50. The SMILES string of the molecule is CCCCNC(=O)[C@H](Cc1ccccc1)N(Cc1cccc(C)c1)C(=O)CCc1ccc2c(c1)OCCO2. The maximum absolute atomic E-state index is 13.9. The van der Waals surface area contributed by atoms with Crippen molar-refractivity contribution in [2.45, 2.75) is 58.5 Å². The van der Waals surface area contributed by atoms with Crippen LogP contribution in [0.2, 0.25) is 0 Å². The second kappa shape index (κ2) is 13.7. The van der Waals surface area contributed by atoms with Crippen molar-refractivity contribution in [3.63, 3.8) is 0 Å². The van der Waals surface area contributed by atoms with E-state index in [1.54, 1.807) is 4.90 Å². The fourth-order valence-corrected chi connectivity index (χ4v) is 4.71. The minimum Gasteiger partial charge on any atom is -0.486 e. The normalized spacial score (nSPS) is 13.0. The van der Waals surface area contributed by atoms with E-state index in [-0.39, 0.29) is 11.8 Å². The first-order valence-electron chi connectivity index (χ1n) is 13.6. The van der Waals surface area contributed by atoms with Gasteiger partial charge in [0.05, 0.1) is 0 Å². The molecule has 200 valence electrons. The predicted molar refractivity (Wildman–Crippen MR) is 149 cm³/mol. The predicted octanol–water partition coefficient (Wildman–Crippen LogP) is 5.26. The van der Waals surface area contributed by atoms with Crippen molar-refractivity contribution in [3.8, 4) is 11.5 Å². The van der Waals surface area contributed by atoms with Gasteiger partial charge in [-0.1, -0.05) is 79.6 Å². The molecule has 3 aromatic carbocycles. The van der Waals surface area contributed by atoms with Crippen molar-refractivity contribution < 1.29 is 19.1 Å². The molecular formula is C32H38N2O4. The molecule has 0 bridgehead atoms. The van der Waals surface area contributed by atoms with Crippen molar-refractivity contribution in [2.75, 3.05) is 19.8 Å². The summed E-state index contributed by atoms with van der Waals surface area (Å²) in [5, 5.41) is 3.08. The van der Waals surface area contributed by atoms with E-state index in [1.165, 1.54) is 0 Å². The lowest BCUT2D eigenvalue weighted by molar-refractivity contribution is -0.141. The average molecular weight is 515 g/mol. The standard InChI is InChI=1S/C32H38N2O4/c1-3-4-17-33-32(36)28(21-25-10-6-5-7-11-25)34(23-27-12-8-9-24(2)20-27)31(35)16-14-26-13-15-29-30(22-26)38-19-18-37-29/h5-13,15,20,22,28H,3-4,14,16-19,21,23H2,1-2H3,(H,33,36)/t28-/m0/s1. The van der Waals surface area contributed by atoms with Crippen LogP contribution in [0.4, 0.5) is 0 Å². The Bertz CT molecular complexity index is 1210. The number of amides is 2. The quantitative estimate of drug-likeness (QED) is 0.335. The van der Waals surface area contributed by atoms with E-state index in [0.29, 0.717) is 45.6 Å². The lowest BCUT2D eigenvalue weighted by Gasteiger charge is -2.32. The topological polar surface area (TPSA) is 67.9 Å². The zero-order valence-electron chi connectivity index (χ0n) is 22.4. The van der Waals surface area contributed by atoms with Crippen molar-refractivity contribution in [2.24, 2.45) is 0 Å². The molecule has 4 rings (SSSR count). The summed E-state index contributed by atoms with van der Waals surface area (Å²) in [5.74, 6) is 1.30. The largest absolute Gasteiger partial charge is 0.486 e. The van der Waals surface area contributed by atoms with Gasteiger partial charge < -0.3 is 19.7 Å². The molecule has 0 fully saturated rings. The van der Waals surface area contributed by atoms with Crippen LogP contribution in [0.25, 0.3) is 0 Å². The van der Waals surface area contributed by atoms with Gasteiger partial charge in [-0.2, -0.15) is 0 Å². The molecule has 2 amide bonds. The van der Waals surface area contributed by atoms with Gasteiger partial charge in [0.25, 0.3) is 0 Å². The van der Waals surface area contributed by atoms with Crippen LogP contribution in [0.3, 0.4) is 0 Å². The Morgan fingerprint density at radius 1 is 0.895 bits per heavy atom. The van der Waals surface area contributed by atoms with E-state index in [2.05, 4.69) is 18.3 Å². The molecule has 1 atom stereocenters. The van der Waals surface area contributed by atoms with E-state index in [4.69, 9.17) is 9.47 Å². The van der Waals surface area contributed by atoms with Gasteiger partial charge in [-0.3, -0.25) is 9.59 Å². The summed E-state index contributed by atoms with van der Waals surface area (Å²) in [7, 11) is 0. The van der Waals surface area contributed by atoms with Crippen LogP contribution in [-0.2, 0) is 29.0 Å². The molecule has 6 nitrogen and oxygen atoms in total. The van der Waals surface area contributed by atoms with Crippen LogP contribution in [0, 0.1) is 6.92 Å². The third kappa shape index (κ3) is 7.60. The molecule has 0 saturated heterocycles. The Morgan fingerprint density at radius 3 is 2.42 bits per heavy atom. The van der Waals surface area contributed by atoms with Gasteiger partial charge in [-0.15, -0.1) is 0 Å². The van der Waals surface area contributed by atoms with Gasteiger partial charge >= 0.3 is 0 Å². The highest BCUT2D eigenvalue weighted by Crippen LogP contribution is 2.31. The van der Waals surface area contributed by atoms with Gasteiger partial charge in [0.15, 0.2) is 11.5 Å². The van der Waals surface area contributed by atoms with Crippen molar-refractivity contribution in [1.29, 1.82) is 0 Å². The van der Waals surface area contributed by atoms with E-state index < -0.39 is 6.04 Å². The number of benzene rings is 3. The molecule has 3 aromatic rings. The lowest BCUT2D eigenvalue weighted by atomic mass is 10.0. The molecular weight excluding hydrogens is 476 g/mol. The number of rotatable bonds is 12. The highest BCUT2D eigenvalue weighted by molar-refractivity contribution is 5.88. The summed E-state index contributed by atoms with van der Waals surface area (Å²) < 4.78 is 11.3. The number of carbonyl (C=O) groups excluding carboxylic acids is 2. The van der Waals surface area contributed by atoms with Gasteiger partial charge in [0.1, 0.15) is 19.3 Å². The van der Waals surface area contributed by atoms with Crippen LogP contribution in [-0.4, -0.2) is 42.5 Å². The van der Waals surface area contributed by atoms with E-state index in [1.807, 2.05) is 73.7 Å². The molecule has 1 heterocycles. The highest BCUT2D eigenvalue weighted by Gasteiger charge is 2.30. The van der Waals surface area contributed by atoms with E-state index in [0.717, 1.165) is 46.6 Å². The fraction of sp³-hybridized carbons (Fsp3) is 0.375. The van der Waals surface area contributed by atoms with Crippen molar-refractivity contribution >= 4 is 11.8 Å². The Morgan fingerprint density at radius 2 is 1.66 bits per heavy atom. The molecule has 0 unspecified atom stereocenters. The third-order valence-corrected chi connectivity index (χ3v) is 6.77. The summed E-state index contributed by atoms with van der Waals surface area (Å²) in [6.45, 7) is 6.18. The van der Waals surface area contributed by atoms with Gasteiger partial charge in [0.2, 0.25) is 11.8 Å². The third-order valence-electron chi connectivity index (χ3n) is 6.77. The number of nitrogens with zero attached hydrogens (tertiary/aromatic N) is 1. The molecule has 6 heteroatoms. The average Bonchev–Trinajstić information content (AvgIpc) is 2.94. The van der Waals surface area contributed by atoms with Gasteiger partial charge in [-0.25, -0.2) is 0 Å². The first-order valence-corrected chi connectivity index (χ1v) is 13.6. The van der Waals surface area contributed by atoms with Crippen LogP contribution in [0.1, 0.15) is 48.4 Å². The van der Waals surface area contributed by atoms with E-state index in [9.17, 15) is 9.59 Å². The van der Waals surface area contributed by atoms with Crippen LogP contribution in [0.15, 0.2) is 72.8 Å². The fourth-order valence-electron chi connectivity index (χ4n) is 4.71.